The molecule has 2 heterocycles. The van der Waals surface area contributed by atoms with E-state index in [0.29, 0.717) is 22.4 Å². The fourth-order valence-corrected chi connectivity index (χ4v) is 2.07. The van der Waals surface area contributed by atoms with Gasteiger partial charge in [-0.05, 0) is 18.2 Å². The van der Waals surface area contributed by atoms with Crippen LogP contribution in [0.2, 0.25) is 0 Å². The Hall–Kier alpha value is -2.44. The molecule has 0 aliphatic carbocycles. The van der Waals surface area contributed by atoms with Gasteiger partial charge in [0, 0.05) is 29.6 Å². The molecule has 3 N–H and O–H groups in total. The van der Waals surface area contributed by atoms with Crippen LogP contribution in [-0.2, 0) is 13.2 Å². The quantitative estimate of drug-likeness (QED) is 0.719. The number of H-pyrrole nitrogens is 1. The van der Waals surface area contributed by atoms with E-state index in [0.717, 1.165) is 11.6 Å². The number of aromatic nitrogens is 3. The van der Waals surface area contributed by atoms with Gasteiger partial charge in [0.05, 0.1) is 5.69 Å². The molecule has 0 aliphatic heterocycles. The van der Waals surface area contributed by atoms with E-state index in [2.05, 4.69) is 10.1 Å². The summed E-state index contributed by atoms with van der Waals surface area (Å²) in [5.41, 5.74) is 6.72. The molecule has 1 aromatic carbocycles. The molecule has 0 unspecified atom stereocenters. The van der Waals surface area contributed by atoms with E-state index < -0.39 is 11.9 Å². The molecule has 0 saturated carbocycles. The second-order valence-corrected chi connectivity index (χ2v) is 4.56. The third-order valence-electron chi connectivity index (χ3n) is 3.14. The molecule has 3 aromatic rings. The molecule has 4 nitrogen and oxygen atoms in total. The Morgan fingerprint density at radius 2 is 1.95 bits per heavy atom. The minimum absolute atomic E-state index is 0.435. The number of nitrogens with two attached hydrogens (primary N) is 1. The van der Waals surface area contributed by atoms with Crippen molar-refractivity contribution >= 4 is 16.7 Å². The van der Waals surface area contributed by atoms with Crippen LogP contribution < -0.4 is 5.73 Å². The zero-order valence-electron chi connectivity index (χ0n) is 10.5. The first kappa shape index (κ1) is 12.6. The molecule has 0 radical (unpaired) electrons. The number of aryl methyl sites for hydroxylation is 1. The average molecular weight is 280 g/mol. The Morgan fingerprint density at radius 3 is 2.55 bits per heavy atom. The fraction of sp³-hybridized carbons (Fsp3) is 0.154. The summed E-state index contributed by atoms with van der Waals surface area (Å²) in [7, 11) is 1.70. The molecule has 2 aromatic heterocycles. The molecule has 104 valence electrons. The summed E-state index contributed by atoms with van der Waals surface area (Å²) in [4.78, 5) is 2.36. The molecular weight excluding hydrogens is 269 g/mol. The van der Waals surface area contributed by atoms with Crippen LogP contribution in [0.1, 0.15) is 5.69 Å². The normalized spacial score (nSPS) is 12.2. The summed E-state index contributed by atoms with van der Waals surface area (Å²) < 4.78 is 39.4. The molecule has 0 fully saturated rings. The van der Waals surface area contributed by atoms with Gasteiger partial charge in [-0.2, -0.15) is 18.3 Å². The first-order valence-corrected chi connectivity index (χ1v) is 5.84. The second kappa shape index (κ2) is 4.03. The summed E-state index contributed by atoms with van der Waals surface area (Å²) >= 11 is 0. The number of anilines is 1. The van der Waals surface area contributed by atoms with Crippen LogP contribution in [0.5, 0.6) is 0 Å². The van der Waals surface area contributed by atoms with Crippen LogP contribution in [0.4, 0.5) is 19.0 Å². The molecule has 0 atom stereocenters. The Bertz CT molecular complexity index is 763. The van der Waals surface area contributed by atoms with Gasteiger partial charge >= 0.3 is 6.18 Å². The van der Waals surface area contributed by atoms with Gasteiger partial charge in [-0.25, -0.2) is 0 Å². The summed E-state index contributed by atoms with van der Waals surface area (Å²) in [6, 6.07) is 7.73. The van der Waals surface area contributed by atoms with Gasteiger partial charge in [0.15, 0.2) is 0 Å². The molecule has 0 amide bonds. The van der Waals surface area contributed by atoms with Crippen LogP contribution in [0.25, 0.3) is 22.2 Å². The third-order valence-corrected chi connectivity index (χ3v) is 3.14. The number of rotatable bonds is 1. The van der Waals surface area contributed by atoms with Crippen molar-refractivity contribution in [3.05, 3.63) is 36.0 Å². The number of halogens is 3. The first-order valence-electron chi connectivity index (χ1n) is 5.84. The van der Waals surface area contributed by atoms with Crippen molar-refractivity contribution in [1.82, 2.24) is 14.8 Å². The summed E-state index contributed by atoms with van der Waals surface area (Å²) in [6.45, 7) is 0. The highest BCUT2D eigenvalue weighted by molar-refractivity contribution is 5.85. The Balaban J connectivity index is 2.11. The molecule has 0 saturated heterocycles. The largest absolute Gasteiger partial charge is 0.431 e. The zero-order valence-corrected chi connectivity index (χ0v) is 10.5. The van der Waals surface area contributed by atoms with E-state index in [1.54, 1.807) is 31.3 Å². The number of hydrogen-bond donors (Lipinski definition) is 2. The van der Waals surface area contributed by atoms with Crippen LogP contribution in [0.15, 0.2) is 30.3 Å². The van der Waals surface area contributed by atoms with Crippen molar-refractivity contribution < 1.29 is 13.2 Å². The number of benzene rings is 1. The molecule has 0 spiro atoms. The summed E-state index contributed by atoms with van der Waals surface area (Å²) in [5, 5.41) is 4.69. The van der Waals surface area contributed by atoms with Crippen molar-refractivity contribution in [1.29, 1.82) is 0 Å². The number of nitrogens with one attached hydrogen (secondary N) is 1. The van der Waals surface area contributed by atoms with Crippen molar-refractivity contribution in [3.63, 3.8) is 0 Å². The number of alkyl halides is 3. The number of aromatic amines is 1. The molecule has 0 bridgehead atoms. The second-order valence-electron chi connectivity index (χ2n) is 4.56. The first-order chi connectivity index (χ1) is 9.34. The van der Waals surface area contributed by atoms with Crippen LogP contribution in [0, 0.1) is 0 Å². The number of nitrogen functional groups attached to an aromatic ring is 1. The lowest BCUT2D eigenvalue weighted by atomic mass is 10.1. The Labute approximate surface area is 112 Å². The van der Waals surface area contributed by atoms with Crippen LogP contribution >= 0.6 is 0 Å². The highest BCUT2D eigenvalue weighted by Crippen LogP contribution is 2.32. The number of fused-ring (bicyclic) bond motifs is 1. The maximum Gasteiger partial charge on any atom is 0.431 e. The van der Waals surface area contributed by atoms with Crippen LogP contribution in [-0.4, -0.2) is 14.8 Å². The minimum atomic E-state index is -4.38. The molecule has 0 aliphatic rings. The number of hydrogen-bond acceptors (Lipinski definition) is 2. The van der Waals surface area contributed by atoms with Crippen LogP contribution in [0.3, 0.4) is 0 Å². The predicted molar refractivity (Wildman–Crippen MR) is 69.9 cm³/mol. The maximum absolute atomic E-state index is 12.6. The van der Waals surface area contributed by atoms with E-state index >= 15 is 0 Å². The molecule has 7 heteroatoms. The van der Waals surface area contributed by atoms with Crippen molar-refractivity contribution in [2.45, 2.75) is 6.18 Å². The molecule has 20 heavy (non-hydrogen) atoms. The van der Waals surface area contributed by atoms with Gasteiger partial charge in [0.1, 0.15) is 11.5 Å². The van der Waals surface area contributed by atoms with E-state index in [-0.39, 0.29) is 0 Å². The van der Waals surface area contributed by atoms with Gasteiger partial charge < -0.3 is 10.7 Å². The topological polar surface area (TPSA) is 59.6 Å². The Kier molecular flexibility index (Phi) is 2.53. The SMILES string of the molecule is Cn1nc(-c2ccc3[nH]c(C(F)(F)F)cc3c2)cc1N. The summed E-state index contributed by atoms with van der Waals surface area (Å²) in [6.07, 6.45) is -4.38. The van der Waals surface area contributed by atoms with Gasteiger partial charge in [-0.15, -0.1) is 0 Å². The molecular formula is C13H11F3N4. The average Bonchev–Trinajstić information content (AvgIpc) is 2.92. The highest BCUT2D eigenvalue weighted by Gasteiger charge is 2.32. The lowest BCUT2D eigenvalue weighted by Gasteiger charge is -2.00. The monoisotopic (exact) mass is 280 g/mol. The Morgan fingerprint density at radius 1 is 1.20 bits per heavy atom. The van der Waals surface area contributed by atoms with E-state index in [4.69, 9.17) is 5.73 Å². The lowest BCUT2D eigenvalue weighted by Crippen LogP contribution is -2.04. The lowest BCUT2D eigenvalue weighted by molar-refractivity contribution is -0.140. The maximum atomic E-state index is 12.6. The highest BCUT2D eigenvalue weighted by atomic mass is 19.4. The zero-order chi connectivity index (χ0) is 14.5. The smallest absolute Gasteiger partial charge is 0.384 e. The minimum Gasteiger partial charge on any atom is -0.384 e. The van der Waals surface area contributed by atoms with Gasteiger partial charge in [-0.3, -0.25) is 4.68 Å². The van der Waals surface area contributed by atoms with E-state index in [1.165, 1.54) is 4.68 Å². The van der Waals surface area contributed by atoms with Crippen molar-refractivity contribution in [2.24, 2.45) is 7.05 Å². The van der Waals surface area contributed by atoms with Gasteiger partial charge in [0.2, 0.25) is 0 Å². The third kappa shape index (κ3) is 2.01. The summed E-state index contributed by atoms with van der Waals surface area (Å²) in [5.74, 6) is 0.491. The standard InChI is InChI=1S/C13H11F3N4/c1-20-12(17)6-10(19-20)7-2-3-9-8(4-7)5-11(18-9)13(14,15)16/h2-6,18H,17H2,1H3. The fourth-order valence-electron chi connectivity index (χ4n) is 2.07. The van der Waals surface area contributed by atoms with Crippen molar-refractivity contribution in [3.8, 4) is 11.3 Å². The van der Waals surface area contributed by atoms with E-state index in [1.807, 2.05) is 0 Å². The van der Waals surface area contributed by atoms with E-state index in [9.17, 15) is 13.2 Å². The van der Waals surface area contributed by atoms with Gasteiger partial charge in [0.25, 0.3) is 0 Å². The van der Waals surface area contributed by atoms with Gasteiger partial charge in [-0.1, -0.05) is 6.07 Å². The predicted octanol–water partition coefficient (Wildman–Crippen LogP) is 3.17. The van der Waals surface area contributed by atoms with Crippen molar-refractivity contribution in [2.75, 3.05) is 5.73 Å². The number of nitrogens with zero attached hydrogens (tertiary/aromatic N) is 2. The molecule has 3 rings (SSSR count).